The number of carboxylic acid groups (broad SMARTS) is 1. The number of carboxylic acids is 1. The van der Waals surface area contributed by atoms with Crippen molar-refractivity contribution in [1.82, 2.24) is 4.90 Å². The van der Waals surface area contributed by atoms with Crippen LogP contribution in [0, 0.1) is 0 Å². The fourth-order valence-corrected chi connectivity index (χ4v) is 5.20. The van der Waals surface area contributed by atoms with E-state index in [1.54, 1.807) is 30.3 Å². The molecule has 0 unspecified atom stereocenters. The quantitative estimate of drug-likeness (QED) is 0.386. The van der Waals surface area contributed by atoms with Gasteiger partial charge in [0.15, 0.2) is 0 Å². The van der Waals surface area contributed by atoms with Gasteiger partial charge in [0.05, 0.1) is 40.1 Å². The van der Waals surface area contributed by atoms with Crippen molar-refractivity contribution in [1.29, 1.82) is 0 Å². The van der Waals surface area contributed by atoms with Gasteiger partial charge in [0.1, 0.15) is 18.1 Å². The molecule has 3 heterocycles. The van der Waals surface area contributed by atoms with Crippen molar-refractivity contribution < 1.29 is 33.4 Å². The summed E-state index contributed by atoms with van der Waals surface area (Å²) in [6.07, 6.45) is 1.41. The molecule has 39 heavy (non-hydrogen) atoms. The Morgan fingerprint density at radius 3 is 2.62 bits per heavy atom. The number of ether oxygens (including phenoxy) is 1. The SMILES string of the molecule is O=C(CN1C(=O)S/C(=C/c2ccc(-c3ccc(Cl)c(C(=O)O)c3)o2)C1=O)Nc1ccccc1N1CCOCC1. The number of benzene rings is 2. The predicted octanol–water partition coefficient (Wildman–Crippen LogP) is 4.81. The summed E-state index contributed by atoms with van der Waals surface area (Å²) in [4.78, 5) is 52.8. The van der Waals surface area contributed by atoms with Crippen LogP contribution in [0.5, 0.6) is 0 Å². The van der Waals surface area contributed by atoms with E-state index in [-0.39, 0.29) is 21.3 Å². The first-order valence-corrected chi connectivity index (χ1v) is 13.1. The molecule has 0 spiro atoms. The van der Waals surface area contributed by atoms with Crippen LogP contribution in [0.1, 0.15) is 16.1 Å². The van der Waals surface area contributed by atoms with E-state index >= 15 is 0 Å². The molecule has 2 aliphatic rings. The average molecular weight is 568 g/mol. The summed E-state index contributed by atoms with van der Waals surface area (Å²) in [6, 6.07) is 15.0. The Morgan fingerprint density at radius 2 is 1.85 bits per heavy atom. The van der Waals surface area contributed by atoms with Crippen molar-refractivity contribution in [3.63, 3.8) is 0 Å². The zero-order chi connectivity index (χ0) is 27.5. The van der Waals surface area contributed by atoms with Crippen molar-refractivity contribution in [3.8, 4) is 11.3 Å². The second-order valence-corrected chi connectivity index (χ2v) is 10.0. The van der Waals surface area contributed by atoms with Crippen LogP contribution in [0.2, 0.25) is 5.02 Å². The van der Waals surface area contributed by atoms with Crippen LogP contribution in [0.3, 0.4) is 0 Å². The first-order valence-electron chi connectivity index (χ1n) is 11.9. The van der Waals surface area contributed by atoms with Gasteiger partial charge in [-0.15, -0.1) is 0 Å². The van der Waals surface area contributed by atoms with Crippen LogP contribution >= 0.6 is 23.4 Å². The number of nitrogens with zero attached hydrogens (tertiary/aromatic N) is 2. The van der Waals surface area contributed by atoms with Crippen molar-refractivity contribution in [2.75, 3.05) is 43.1 Å². The third-order valence-corrected chi connectivity index (χ3v) is 7.32. The van der Waals surface area contributed by atoms with Gasteiger partial charge < -0.3 is 24.5 Å². The summed E-state index contributed by atoms with van der Waals surface area (Å²) in [5.74, 6) is -1.64. The molecule has 3 amide bonds. The number of halogens is 1. The number of morpholine rings is 1. The lowest BCUT2D eigenvalue weighted by Crippen LogP contribution is -2.38. The zero-order valence-corrected chi connectivity index (χ0v) is 22.0. The maximum atomic E-state index is 12.9. The Kier molecular flexibility index (Phi) is 7.73. The van der Waals surface area contributed by atoms with Gasteiger partial charge in [0.25, 0.3) is 11.1 Å². The van der Waals surface area contributed by atoms with Crippen molar-refractivity contribution in [3.05, 3.63) is 75.8 Å². The van der Waals surface area contributed by atoms with E-state index in [0.29, 0.717) is 55.1 Å². The van der Waals surface area contributed by atoms with E-state index < -0.39 is 29.6 Å². The maximum Gasteiger partial charge on any atom is 0.337 e. The molecule has 12 heteroatoms. The van der Waals surface area contributed by atoms with Crippen LogP contribution in [-0.2, 0) is 14.3 Å². The van der Waals surface area contributed by atoms with Crippen LogP contribution in [0.25, 0.3) is 17.4 Å². The van der Waals surface area contributed by atoms with Gasteiger partial charge in [-0.2, -0.15) is 0 Å². The first-order chi connectivity index (χ1) is 18.8. The number of amides is 3. The lowest BCUT2D eigenvalue weighted by atomic mass is 10.1. The molecule has 2 aliphatic heterocycles. The molecule has 3 aromatic rings. The summed E-state index contributed by atoms with van der Waals surface area (Å²) in [6.45, 7) is 2.12. The predicted molar refractivity (Wildman–Crippen MR) is 147 cm³/mol. The Morgan fingerprint density at radius 1 is 1.08 bits per heavy atom. The van der Waals surface area contributed by atoms with Crippen molar-refractivity contribution in [2.24, 2.45) is 0 Å². The number of furan rings is 1. The van der Waals surface area contributed by atoms with Crippen LogP contribution in [0.4, 0.5) is 16.2 Å². The number of carbonyl (C=O) groups is 4. The highest BCUT2D eigenvalue weighted by molar-refractivity contribution is 8.18. The molecule has 2 N–H and O–H groups in total. The van der Waals surface area contributed by atoms with E-state index in [4.69, 9.17) is 20.8 Å². The fraction of sp³-hybridized carbons (Fsp3) is 0.185. The highest BCUT2D eigenvalue weighted by atomic mass is 35.5. The number of anilines is 2. The van der Waals surface area contributed by atoms with Crippen LogP contribution in [-0.4, -0.2) is 65.9 Å². The molecular formula is C27H22ClN3O7S. The number of hydrogen-bond acceptors (Lipinski definition) is 8. The van der Waals surface area contributed by atoms with E-state index in [1.807, 2.05) is 12.1 Å². The Labute approximate surface area is 232 Å². The Balaban J connectivity index is 1.27. The molecule has 0 radical (unpaired) electrons. The Hall–Kier alpha value is -4.06. The fourth-order valence-electron chi connectivity index (χ4n) is 4.19. The van der Waals surface area contributed by atoms with E-state index in [9.17, 15) is 24.3 Å². The number of aromatic carboxylic acids is 1. The summed E-state index contributed by atoms with van der Waals surface area (Å²) in [5, 5.41) is 11.6. The van der Waals surface area contributed by atoms with Crippen molar-refractivity contribution in [2.45, 2.75) is 0 Å². The third-order valence-electron chi connectivity index (χ3n) is 6.09. The molecule has 2 aromatic carbocycles. The minimum Gasteiger partial charge on any atom is -0.478 e. The minimum atomic E-state index is -1.17. The molecule has 0 atom stereocenters. The minimum absolute atomic E-state index is 0.0703. The average Bonchev–Trinajstić information content (AvgIpc) is 3.50. The molecule has 0 saturated carbocycles. The number of carbonyl (C=O) groups excluding carboxylic acids is 3. The number of imide groups is 1. The van der Waals surface area contributed by atoms with Crippen LogP contribution < -0.4 is 10.2 Å². The van der Waals surface area contributed by atoms with Gasteiger partial charge in [0, 0.05) is 24.7 Å². The lowest BCUT2D eigenvalue weighted by Gasteiger charge is -2.30. The van der Waals surface area contributed by atoms with E-state index in [1.165, 1.54) is 18.2 Å². The van der Waals surface area contributed by atoms with Crippen LogP contribution in [0.15, 0.2) is 63.9 Å². The molecule has 2 saturated heterocycles. The molecule has 200 valence electrons. The van der Waals surface area contributed by atoms with Gasteiger partial charge >= 0.3 is 5.97 Å². The second kappa shape index (κ2) is 11.4. The summed E-state index contributed by atoms with van der Waals surface area (Å²) >= 11 is 6.64. The summed E-state index contributed by atoms with van der Waals surface area (Å²) in [7, 11) is 0. The van der Waals surface area contributed by atoms with Gasteiger partial charge in [-0.25, -0.2) is 4.79 Å². The molecule has 0 bridgehead atoms. The smallest absolute Gasteiger partial charge is 0.337 e. The molecule has 5 rings (SSSR count). The first kappa shape index (κ1) is 26.5. The number of para-hydroxylation sites is 2. The molecule has 1 aromatic heterocycles. The number of nitrogens with one attached hydrogen (secondary N) is 1. The Bertz CT molecular complexity index is 1500. The largest absolute Gasteiger partial charge is 0.478 e. The topological polar surface area (TPSA) is 129 Å². The molecular weight excluding hydrogens is 546 g/mol. The highest BCUT2D eigenvalue weighted by Crippen LogP contribution is 2.34. The monoisotopic (exact) mass is 567 g/mol. The standard InChI is InChI=1S/C27H22ClN3O7S/c28-19-7-5-16(13-18(19)26(34)35)22-8-6-17(38-22)14-23-25(33)31(27(36)39-23)15-24(32)29-20-3-1-2-4-21(20)30-9-11-37-12-10-30/h1-8,13-14H,9-12,15H2,(H,29,32)(H,34,35)/b23-14+. The highest BCUT2D eigenvalue weighted by Gasteiger charge is 2.36. The molecule has 0 aliphatic carbocycles. The number of hydrogen-bond donors (Lipinski definition) is 2. The normalized spacial score (nSPS) is 16.7. The zero-order valence-electron chi connectivity index (χ0n) is 20.4. The van der Waals surface area contributed by atoms with Gasteiger partial charge in [-0.3, -0.25) is 19.3 Å². The summed E-state index contributed by atoms with van der Waals surface area (Å²) < 4.78 is 11.2. The lowest BCUT2D eigenvalue weighted by molar-refractivity contribution is -0.127. The number of rotatable bonds is 7. The maximum absolute atomic E-state index is 12.9. The van der Waals surface area contributed by atoms with E-state index in [0.717, 1.165) is 10.6 Å². The summed E-state index contributed by atoms with van der Waals surface area (Å²) in [5.41, 5.74) is 1.84. The second-order valence-electron chi connectivity index (χ2n) is 8.63. The van der Waals surface area contributed by atoms with Crippen molar-refractivity contribution >= 4 is 63.8 Å². The molecule has 10 nitrogen and oxygen atoms in total. The van der Waals surface area contributed by atoms with E-state index in [2.05, 4.69) is 10.2 Å². The molecule has 2 fully saturated rings. The van der Waals surface area contributed by atoms with Gasteiger partial charge in [-0.05, 0) is 54.2 Å². The van der Waals surface area contributed by atoms with Gasteiger partial charge in [0.2, 0.25) is 5.91 Å². The van der Waals surface area contributed by atoms with Gasteiger partial charge in [-0.1, -0.05) is 23.7 Å². The number of thioether (sulfide) groups is 1. The third kappa shape index (κ3) is 5.85.